The van der Waals surface area contributed by atoms with Gasteiger partial charge in [-0.05, 0) is 18.2 Å². The molecule has 0 atom stereocenters. The molecule has 4 aromatic rings. The molecule has 6 nitrogen and oxygen atoms in total. The highest BCUT2D eigenvalue weighted by atomic mass is 35.5. The second kappa shape index (κ2) is 6.23. The third kappa shape index (κ3) is 2.80. The molecule has 0 fully saturated rings. The first-order chi connectivity index (χ1) is 12.5. The van der Waals surface area contributed by atoms with Crippen LogP contribution >= 0.6 is 11.6 Å². The van der Waals surface area contributed by atoms with E-state index in [0.717, 1.165) is 12.1 Å². The number of hydrogen-bond acceptors (Lipinski definition) is 5. The normalized spacial score (nSPS) is 11.0. The second-order valence-corrected chi connectivity index (χ2v) is 5.75. The number of anilines is 1. The second-order valence-electron chi connectivity index (χ2n) is 5.34. The molecule has 0 aliphatic carbocycles. The summed E-state index contributed by atoms with van der Waals surface area (Å²) in [6, 6.07) is 9.82. The van der Waals surface area contributed by atoms with E-state index in [9.17, 15) is 8.78 Å². The first-order valence-corrected chi connectivity index (χ1v) is 7.80. The molecule has 0 bridgehead atoms. The molecule has 0 aliphatic rings. The number of nitrogens with two attached hydrogens (primary N) is 1. The Morgan fingerprint density at radius 1 is 1.08 bits per heavy atom. The average Bonchev–Trinajstić information content (AvgIpc) is 3.02. The summed E-state index contributed by atoms with van der Waals surface area (Å²) in [5, 5.41) is 7.88. The number of nitrogen functional groups attached to an aromatic ring is 1. The van der Waals surface area contributed by atoms with Crippen LogP contribution in [0.15, 0.2) is 42.5 Å². The van der Waals surface area contributed by atoms with Crippen molar-refractivity contribution in [3.8, 4) is 23.0 Å². The van der Waals surface area contributed by atoms with E-state index in [1.807, 2.05) is 6.07 Å². The van der Waals surface area contributed by atoms with Crippen molar-refractivity contribution < 1.29 is 13.5 Å². The van der Waals surface area contributed by atoms with Gasteiger partial charge in [0.05, 0.1) is 10.4 Å². The summed E-state index contributed by atoms with van der Waals surface area (Å²) in [6.07, 6.45) is 0. The Morgan fingerprint density at radius 2 is 1.88 bits per heavy atom. The van der Waals surface area contributed by atoms with Crippen molar-refractivity contribution in [3.05, 3.63) is 59.1 Å². The van der Waals surface area contributed by atoms with Gasteiger partial charge in [0.1, 0.15) is 17.3 Å². The molecule has 26 heavy (non-hydrogen) atoms. The van der Waals surface area contributed by atoms with Gasteiger partial charge < -0.3 is 10.5 Å². The van der Waals surface area contributed by atoms with Crippen molar-refractivity contribution >= 4 is 28.5 Å². The van der Waals surface area contributed by atoms with Crippen molar-refractivity contribution in [1.82, 2.24) is 20.2 Å². The van der Waals surface area contributed by atoms with Crippen LogP contribution in [0.25, 0.3) is 22.3 Å². The molecule has 0 spiro atoms. The molecule has 9 heteroatoms. The zero-order valence-electron chi connectivity index (χ0n) is 13.0. The van der Waals surface area contributed by atoms with E-state index in [4.69, 9.17) is 22.1 Å². The minimum Gasteiger partial charge on any atom is -0.421 e. The summed E-state index contributed by atoms with van der Waals surface area (Å²) >= 11 is 6.20. The van der Waals surface area contributed by atoms with E-state index < -0.39 is 11.6 Å². The number of hydrogen-bond donors (Lipinski definition) is 2. The van der Waals surface area contributed by atoms with Gasteiger partial charge in [-0.15, -0.1) is 0 Å². The van der Waals surface area contributed by atoms with Crippen molar-refractivity contribution in [3.63, 3.8) is 0 Å². The molecule has 0 unspecified atom stereocenters. The number of ether oxygens (including phenoxy) is 1. The summed E-state index contributed by atoms with van der Waals surface area (Å²) in [6.45, 7) is 0. The molecule has 130 valence electrons. The predicted octanol–water partition coefficient (Wildman–Crippen LogP) is 4.33. The van der Waals surface area contributed by atoms with Crippen LogP contribution < -0.4 is 10.5 Å². The molecule has 0 amide bonds. The van der Waals surface area contributed by atoms with Gasteiger partial charge in [-0.2, -0.15) is 15.1 Å². The first-order valence-electron chi connectivity index (χ1n) is 7.42. The van der Waals surface area contributed by atoms with E-state index in [1.54, 1.807) is 18.2 Å². The van der Waals surface area contributed by atoms with E-state index >= 15 is 0 Å². The van der Waals surface area contributed by atoms with Crippen molar-refractivity contribution in [2.24, 2.45) is 0 Å². The van der Waals surface area contributed by atoms with E-state index in [0.29, 0.717) is 33.4 Å². The van der Waals surface area contributed by atoms with Crippen LogP contribution in [0.4, 0.5) is 14.6 Å². The molecule has 4 rings (SSSR count). The number of nitrogens with zero attached hydrogens (tertiary/aromatic N) is 3. The minimum atomic E-state index is -0.881. The van der Waals surface area contributed by atoms with Gasteiger partial charge in [-0.1, -0.05) is 29.8 Å². The fourth-order valence-electron chi connectivity index (χ4n) is 2.49. The molecular weight excluding hydrogens is 364 g/mol. The van der Waals surface area contributed by atoms with Crippen LogP contribution in [0.1, 0.15) is 0 Å². The Hall–Kier alpha value is -3.26. The zero-order valence-corrected chi connectivity index (χ0v) is 13.8. The van der Waals surface area contributed by atoms with Gasteiger partial charge in [-0.25, -0.2) is 8.78 Å². The highest BCUT2D eigenvalue weighted by Gasteiger charge is 2.18. The Bertz CT molecular complexity index is 1130. The fourth-order valence-corrected chi connectivity index (χ4v) is 2.71. The highest BCUT2D eigenvalue weighted by molar-refractivity contribution is 6.33. The van der Waals surface area contributed by atoms with Crippen LogP contribution in [0, 0.1) is 11.6 Å². The zero-order chi connectivity index (χ0) is 18.3. The molecule has 2 aromatic carbocycles. The van der Waals surface area contributed by atoms with Crippen LogP contribution in [-0.2, 0) is 0 Å². The summed E-state index contributed by atoms with van der Waals surface area (Å²) in [5.74, 6) is -1.75. The number of aromatic nitrogens is 4. The number of nitrogens with one attached hydrogen (secondary N) is 1. The van der Waals surface area contributed by atoms with E-state index in [2.05, 4.69) is 20.2 Å². The number of rotatable bonds is 3. The van der Waals surface area contributed by atoms with Crippen LogP contribution in [0.2, 0.25) is 5.02 Å². The van der Waals surface area contributed by atoms with Crippen molar-refractivity contribution in [2.75, 3.05) is 5.73 Å². The highest BCUT2D eigenvalue weighted by Crippen LogP contribution is 2.34. The van der Waals surface area contributed by atoms with Gasteiger partial charge in [-0.3, -0.25) is 5.10 Å². The molecule has 0 saturated heterocycles. The molecule has 3 N–H and O–H groups in total. The van der Waals surface area contributed by atoms with Crippen LogP contribution in [-0.4, -0.2) is 20.2 Å². The number of benzene rings is 2. The maximum Gasteiger partial charge on any atom is 0.326 e. The minimum absolute atomic E-state index is 0.0798. The van der Waals surface area contributed by atoms with Crippen LogP contribution in [0.3, 0.4) is 0 Å². The average molecular weight is 374 g/mol. The summed E-state index contributed by atoms with van der Waals surface area (Å²) in [5.41, 5.74) is 7.46. The smallest absolute Gasteiger partial charge is 0.326 e. The summed E-state index contributed by atoms with van der Waals surface area (Å²) < 4.78 is 32.0. The molecule has 2 aromatic heterocycles. The Balaban J connectivity index is 1.78. The van der Waals surface area contributed by atoms with Gasteiger partial charge in [0.2, 0.25) is 0 Å². The van der Waals surface area contributed by atoms with Crippen LogP contribution in [0.5, 0.6) is 11.8 Å². The summed E-state index contributed by atoms with van der Waals surface area (Å²) in [7, 11) is 0. The molecule has 0 saturated carbocycles. The molecule has 0 aliphatic heterocycles. The van der Waals surface area contributed by atoms with Crippen molar-refractivity contribution in [2.45, 2.75) is 0 Å². The fraction of sp³-hybridized carbons (Fsp3) is 0. The number of halogens is 3. The first kappa shape index (κ1) is 16.2. The van der Waals surface area contributed by atoms with Gasteiger partial charge in [0, 0.05) is 11.6 Å². The molecular formula is C17H10ClF2N5O. The maximum atomic E-state index is 13.7. The molecule has 0 radical (unpaired) electrons. The van der Waals surface area contributed by atoms with Gasteiger partial charge >= 0.3 is 6.01 Å². The lowest BCUT2D eigenvalue weighted by molar-refractivity contribution is 0.410. The standard InChI is InChI=1S/C17H10ClF2N5O/c18-10-4-2-1-3-9(10)14-13-15(21)22-17(23-16(13)25-24-14)26-12-6-5-8(19)7-11(12)20/h1-7H,(H3,21,22,23,24,25). The Kier molecular flexibility index (Phi) is 3.89. The topological polar surface area (TPSA) is 89.7 Å². The van der Waals surface area contributed by atoms with Gasteiger partial charge in [0.15, 0.2) is 17.2 Å². The third-order valence-corrected chi connectivity index (χ3v) is 3.98. The Morgan fingerprint density at radius 3 is 2.65 bits per heavy atom. The van der Waals surface area contributed by atoms with Crippen molar-refractivity contribution in [1.29, 1.82) is 0 Å². The maximum absolute atomic E-state index is 13.7. The van der Waals surface area contributed by atoms with E-state index in [-0.39, 0.29) is 17.6 Å². The lowest BCUT2D eigenvalue weighted by atomic mass is 10.1. The Labute approximate surface area is 150 Å². The SMILES string of the molecule is Nc1nc(Oc2ccc(F)cc2F)nc2[nH]nc(-c3ccccc3Cl)c12. The predicted molar refractivity (Wildman–Crippen MR) is 93.0 cm³/mol. The number of H-pyrrole nitrogens is 1. The number of aromatic amines is 1. The lowest BCUT2D eigenvalue weighted by Crippen LogP contribution is -1.99. The quantitative estimate of drug-likeness (QED) is 0.558. The van der Waals surface area contributed by atoms with Gasteiger partial charge in [0.25, 0.3) is 0 Å². The number of fused-ring (bicyclic) bond motifs is 1. The molecule has 2 heterocycles. The monoisotopic (exact) mass is 373 g/mol. The lowest BCUT2D eigenvalue weighted by Gasteiger charge is -2.06. The van der Waals surface area contributed by atoms with E-state index in [1.165, 1.54) is 0 Å². The summed E-state index contributed by atoms with van der Waals surface area (Å²) in [4.78, 5) is 8.16. The largest absolute Gasteiger partial charge is 0.421 e. The third-order valence-electron chi connectivity index (χ3n) is 3.65.